The first-order valence-corrected chi connectivity index (χ1v) is 11.0. The molecule has 1 aromatic carbocycles. The zero-order chi connectivity index (χ0) is 20.0. The number of hydrogen-bond acceptors (Lipinski definition) is 5. The van der Waals surface area contributed by atoms with Crippen molar-refractivity contribution < 1.29 is 19.1 Å². The van der Waals surface area contributed by atoms with E-state index in [0.717, 1.165) is 24.1 Å². The highest BCUT2D eigenvalue weighted by molar-refractivity contribution is 7.09. The Morgan fingerprint density at radius 3 is 3.00 bits per heavy atom. The van der Waals surface area contributed by atoms with Crippen LogP contribution in [0.25, 0.3) is 0 Å². The predicted molar refractivity (Wildman–Crippen MR) is 109 cm³/mol. The van der Waals surface area contributed by atoms with Crippen LogP contribution in [-0.4, -0.2) is 24.6 Å². The van der Waals surface area contributed by atoms with Crippen LogP contribution >= 0.6 is 11.3 Å². The van der Waals surface area contributed by atoms with E-state index in [1.807, 2.05) is 17.5 Å². The van der Waals surface area contributed by atoms with Gasteiger partial charge in [0.05, 0.1) is 19.2 Å². The molecular weight excluding hydrogens is 388 g/mol. The van der Waals surface area contributed by atoms with Crippen molar-refractivity contribution in [3.05, 3.63) is 46.2 Å². The van der Waals surface area contributed by atoms with Crippen LogP contribution in [-0.2, 0) is 11.3 Å². The number of nitrogens with one attached hydrogen (secondary N) is 2. The van der Waals surface area contributed by atoms with Crippen LogP contribution in [0.5, 0.6) is 11.5 Å². The second-order valence-corrected chi connectivity index (χ2v) is 9.22. The summed E-state index contributed by atoms with van der Waals surface area (Å²) in [5.74, 6) is 1.54. The van der Waals surface area contributed by atoms with Gasteiger partial charge in [0, 0.05) is 29.2 Å². The number of amides is 2. The summed E-state index contributed by atoms with van der Waals surface area (Å²) in [6.45, 7) is 0.579. The lowest BCUT2D eigenvalue weighted by molar-refractivity contribution is -0.146. The van der Waals surface area contributed by atoms with Crippen LogP contribution in [0.3, 0.4) is 0 Å². The molecule has 6 rings (SSSR count). The molecule has 3 saturated carbocycles. The minimum atomic E-state index is -0.718. The quantitative estimate of drug-likeness (QED) is 0.808. The largest absolute Gasteiger partial charge is 0.497 e. The monoisotopic (exact) mass is 412 g/mol. The smallest absolute Gasteiger partial charge is 0.258 e. The first-order valence-electron chi connectivity index (χ1n) is 10.1. The maximum Gasteiger partial charge on any atom is 0.258 e. The van der Waals surface area contributed by atoms with Gasteiger partial charge in [-0.25, -0.2) is 0 Å². The van der Waals surface area contributed by atoms with Crippen molar-refractivity contribution in [1.29, 1.82) is 0 Å². The minimum absolute atomic E-state index is 0.0217. The highest BCUT2D eigenvalue weighted by Crippen LogP contribution is 2.52. The van der Waals surface area contributed by atoms with Crippen LogP contribution < -0.4 is 20.1 Å². The Bertz CT molecular complexity index is 944. The van der Waals surface area contributed by atoms with Gasteiger partial charge in [0.2, 0.25) is 5.91 Å². The van der Waals surface area contributed by atoms with Crippen LogP contribution in [0.15, 0.2) is 35.7 Å². The Kier molecular flexibility index (Phi) is 4.50. The van der Waals surface area contributed by atoms with Crippen molar-refractivity contribution >= 4 is 23.2 Å². The Labute approximate surface area is 173 Å². The number of thiophene rings is 1. The summed E-state index contributed by atoms with van der Waals surface area (Å²) in [7, 11) is 1.60. The highest BCUT2D eigenvalue weighted by Gasteiger charge is 2.57. The average Bonchev–Trinajstić information content (AvgIpc) is 3.25. The number of hydrogen-bond donors (Lipinski definition) is 2. The van der Waals surface area contributed by atoms with Gasteiger partial charge < -0.3 is 20.1 Å². The minimum Gasteiger partial charge on any atom is -0.497 e. The molecule has 4 aliphatic rings. The summed E-state index contributed by atoms with van der Waals surface area (Å²) in [5, 5.41) is 8.25. The third-order valence-electron chi connectivity index (χ3n) is 6.62. The van der Waals surface area contributed by atoms with E-state index >= 15 is 0 Å². The van der Waals surface area contributed by atoms with Gasteiger partial charge in [-0.1, -0.05) is 6.07 Å². The Hall–Kier alpha value is -2.54. The fraction of sp³-hybridized carbons (Fsp3) is 0.455. The average molecular weight is 413 g/mol. The number of ether oxygens (including phenoxy) is 2. The molecule has 4 atom stereocenters. The molecule has 2 heterocycles. The van der Waals surface area contributed by atoms with Crippen molar-refractivity contribution in [3.8, 4) is 11.5 Å². The standard InChI is InChI=1S/C22H24N2O4S/c1-27-15-6-7-17-19(10-15)28-22(24-21(17)26)11-13-4-5-14(22)9-18(13)20(25)23-12-16-3-2-8-29-16/h2-3,6-8,10,13-14,18H,4-5,9,11-12H2,1H3,(H,23,25)(H,24,26)/t13-,14+,18+,22+/m1/s1. The fourth-order valence-corrected chi connectivity index (χ4v) is 5.80. The van der Waals surface area contributed by atoms with Gasteiger partial charge in [-0.3, -0.25) is 9.59 Å². The second kappa shape index (κ2) is 7.06. The van der Waals surface area contributed by atoms with Crippen LogP contribution in [0.1, 0.15) is 40.9 Å². The lowest BCUT2D eigenvalue weighted by Crippen LogP contribution is -2.66. The summed E-state index contributed by atoms with van der Waals surface area (Å²) in [6.07, 6.45) is 3.35. The van der Waals surface area contributed by atoms with Crippen molar-refractivity contribution in [1.82, 2.24) is 10.6 Å². The van der Waals surface area contributed by atoms with Crippen LogP contribution in [0.2, 0.25) is 0 Å². The third kappa shape index (κ3) is 3.17. The lowest BCUT2D eigenvalue weighted by Gasteiger charge is -2.55. The van der Waals surface area contributed by atoms with E-state index in [9.17, 15) is 9.59 Å². The van der Waals surface area contributed by atoms with Gasteiger partial charge in [-0.15, -0.1) is 11.3 Å². The molecular formula is C22H24N2O4S. The van der Waals surface area contributed by atoms with Crippen molar-refractivity contribution in [2.75, 3.05) is 7.11 Å². The summed E-state index contributed by atoms with van der Waals surface area (Å²) in [6, 6.07) is 9.31. The number of carbonyl (C=O) groups is 2. The molecule has 2 amide bonds. The Morgan fingerprint density at radius 1 is 1.38 bits per heavy atom. The molecule has 3 fully saturated rings. The summed E-state index contributed by atoms with van der Waals surface area (Å²) in [5.41, 5.74) is -0.188. The number of methoxy groups -OCH3 is 1. The molecule has 6 nitrogen and oxygen atoms in total. The predicted octanol–water partition coefficient (Wildman–Crippen LogP) is 3.33. The van der Waals surface area contributed by atoms with Crippen LogP contribution in [0, 0.1) is 17.8 Å². The zero-order valence-electron chi connectivity index (χ0n) is 16.3. The van der Waals surface area contributed by atoms with E-state index in [4.69, 9.17) is 9.47 Å². The number of benzene rings is 1. The molecule has 1 aromatic heterocycles. The molecule has 2 bridgehead atoms. The first kappa shape index (κ1) is 18.5. The molecule has 29 heavy (non-hydrogen) atoms. The topological polar surface area (TPSA) is 76.7 Å². The molecule has 2 aromatic rings. The fourth-order valence-electron chi connectivity index (χ4n) is 5.16. The first-order chi connectivity index (χ1) is 14.1. The van der Waals surface area contributed by atoms with E-state index in [0.29, 0.717) is 30.0 Å². The van der Waals surface area contributed by atoms with Gasteiger partial charge in [0.15, 0.2) is 5.72 Å². The van der Waals surface area contributed by atoms with E-state index < -0.39 is 5.72 Å². The number of carbonyl (C=O) groups excluding carboxylic acids is 2. The van der Waals surface area contributed by atoms with Gasteiger partial charge in [0.25, 0.3) is 5.91 Å². The normalized spacial score (nSPS) is 29.7. The van der Waals surface area contributed by atoms with Gasteiger partial charge >= 0.3 is 0 Å². The van der Waals surface area contributed by atoms with E-state index in [-0.39, 0.29) is 29.6 Å². The van der Waals surface area contributed by atoms with Gasteiger partial charge in [-0.2, -0.15) is 0 Å². The van der Waals surface area contributed by atoms with Crippen molar-refractivity contribution in [2.45, 2.75) is 38.0 Å². The van der Waals surface area contributed by atoms with Crippen molar-refractivity contribution in [3.63, 3.8) is 0 Å². The molecule has 152 valence electrons. The second-order valence-electron chi connectivity index (χ2n) is 8.19. The van der Waals surface area contributed by atoms with Gasteiger partial charge in [0.1, 0.15) is 11.5 Å². The summed E-state index contributed by atoms with van der Waals surface area (Å²) < 4.78 is 11.7. The molecule has 0 radical (unpaired) electrons. The highest BCUT2D eigenvalue weighted by atomic mass is 32.1. The van der Waals surface area contributed by atoms with E-state index in [1.54, 1.807) is 36.6 Å². The van der Waals surface area contributed by atoms with Crippen molar-refractivity contribution in [2.24, 2.45) is 17.8 Å². The number of fused-ring (bicyclic) bond motifs is 3. The third-order valence-corrected chi connectivity index (χ3v) is 7.50. The molecule has 0 unspecified atom stereocenters. The summed E-state index contributed by atoms with van der Waals surface area (Å²) in [4.78, 5) is 26.8. The molecule has 0 saturated heterocycles. The Morgan fingerprint density at radius 2 is 2.28 bits per heavy atom. The SMILES string of the molecule is COc1ccc2c(c1)O[C@]1(C[C@H]3CC[C@H]1C[C@@H]3C(=O)NCc1cccs1)NC2=O. The lowest BCUT2D eigenvalue weighted by atomic mass is 9.60. The van der Waals surface area contributed by atoms with E-state index in [1.165, 1.54) is 0 Å². The Balaban J connectivity index is 1.33. The maximum atomic E-state index is 12.8. The van der Waals surface area contributed by atoms with Gasteiger partial charge in [-0.05, 0) is 48.8 Å². The molecule has 7 heteroatoms. The van der Waals surface area contributed by atoms with Crippen LogP contribution in [0.4, 0.5) is 0 Å². The molecule has 2 N–H and O–H groups in total. The van der Waals surface area contributed by atoms with E-state index in [2.05, 4.69) is 10.6 Å². The summed E-state index contributed by atoms with van der Waals surface area (Å²) >= 11 is 1.65. The molecule has 1 aliphatic heterocycles. The maximum absolute atomic E-state index is 12.8. The number of rotatable bonds is 4. The molecule has 3 aliphatic carbocycles. The zero-order valence-corrected chi connectivity index (χ0v) is 17.1. The molecule has 1 spiro atoms.